The molecule has 1 unspecified atom stereocenters. The van der Waals surface area contributed by atoms with E-state index in [2.05, 4.69) is 0 Å². The number of hydrogen-bond donors (Lipinski definition) is 1. The molecular weight excluding hydrogens is 248 g/mol. The summed E-state index contributed by atoms with van der Waals surface area (Å²) in [5, 5.41) is 10.4. The van der Waals surface area contributed by atoms with Crippen LogP contribution < -0.4 is 0 Å². The van der Waals surface area contributed by atoms with Gasteiger partial charge in [0, 0.05) is 11.6 Å². The molecule has 0 saturated carbocycles. The number of nitrogens with zero attached hydrogens (tertiary/aromatic N) is 1. The Bertz CT molecular complexity index is 349. The van der Waals surface area contributed by atoms with Crippen LogP contribution in [0.1, 0.15) is 18.1 Å². The van der Waals surface area contributed by atoms with Crippen molar-refractivity contribution in [3.05, 3.63) is 34.9 Å². The van der Waals surface area contributed by atoms with Gasteiger partial charge in [0.15, 0.2) is 0 Å². The summed E-state index contributed by atoms with van der Waals surface area (Å²) in [5.74, 6) is 0. The van der Waals surface area contributed by atoms with Crippen LogP contribution in [0, 0.1) is 0 Å². The molecule has 1 aromatic rings. The summed E-state index contributed by atoms with van der Waals surface area (Å²) < 4.78 is 24.1. The van der Waals surface area contributed by atoms with Crippen molar-refractivity contribution in [3.63, 3.8) is 0 Å². The average molecular weight is 264 g/mol. The minimum absolute atomic E-state index is 0.276. The number of rotatable bonds is 6. The van der Waals surface area contributed by atoms with Crippen molar-refractivity contribution in [2.24, 2.45) is 0 Å². The molecule has 96 valence electrons. The molecule has 0 heterocycles. The van der Waals surface area contributed by atoms with Gasteiger partial charge < -0.3 is 10.0 Å². The van der Waals surface area contributed by atoms with Crippen molar-refractivity contribution in [3.8, 4) is 0 Å². The minimum Gasteiger partial charge on any atom is -0.388 e. The quantitative estimate of drug-likeness (QED) is 0.853. The van der Waals surface area contributed by atoms with Gasteiger partial charge in [0.25, 0.3) is 6.43 Å². The summed E-state index contributed by atoms with van der Waals surface area (Å²) in [6.45, 7) is 0.139. The lowest BCUT2D eigenvalue weighted by molar-refractivity contribution is 0.0874. The van der Waals surface area contributed by atoms with Gasteiger partial charge >= 0.3 is 0 Å². The molecule has 0 aliphatic heterocycles. The third-order valence-corrected chi connectivity index (χ3v) is 2.70. The van der Waals surface area contributed by atoms with Crippen LogP contribution in [0.2, 0.25) is 5.02 Å². The smallest absolute Gasteiger partial charge is 0.251 e. The molecule has 0 amide bonds. The van der Waals surface area contributed by atoms with Gasteiger partial charge in [0.2, 0.25) is 0 Å². The second-order valence-electron chi connectivity index (χ2n) is 4.01. The van der Waals surface area contributed by atoms with E-state index < -0.39 is 12.5 Å². The van der Waals surface area contributed by atoms with E-state index >= 15 is 0 Å². The van der Waals surface area contributed by atoms with Crippen molar-refractivity contribution < 1.29 is 13.9 Å². The highest BCUT2D eigenvalue weighted by molar-refractivity contribution is 6.30. The first-order valence-corrected chi connectivity index (χ1v) is 5.77. The van der Waals surface area contributed by atoms with Crippen LogP contribution in [-0.2, 0) is 0 Å². The minimum atomic E-state index is -2.34. The van der Waals surface area contributed by atoms with E-state index in [1.807, 2.05) is 0 Å². The number of benzene rings is 1. The summed E-state index contributed by atoms with van der Waals surface area (Å²) in [6, 6.07) is 6.92. The fourth-order valence-electron chi connectivity index (χ4n) is 1.55. The Kier molecular flexibility index (Phi) is 5.82. The second kappa shape index (κ2) is 6.89. The summed E-state index contributed by atoms with van der Waals surface area (Å²) in [5.41, 5.74) is 0.711. The summed E-state index contributed by atoms with van der Waals surface area (Å²) in [6.07, 6.45) is -2.61. The van der Waals surface area contributed by atoms with E-state index in [-0.39, 0.29) is 6.54 Å². The highest BCUT2D eigenvalue weighted by Crippen LogP contribution is 2.20. The van der Waals surface area contributed by atoms with E-state index in [1.54, 1.807) is 31.3 Å². The molecule has 5 heteroatoms. The molecule has 0 aliphatic carbocycles. The molecule has 0 radical (unpaired) electrons. The number of aliphatic hydroxyl groups excluding tert-OH is 1. The lowest BCUT2D eigenvalue weighted by Gasteiger charge is -2.18. The van der Waals surface area contributed by atoms with Crippen LogP contribution in [0.5, 0.6) is 0 Å². The maximum atomic E-state index is 12.1. The van der Waals surface area contributed by atoms with Crippen LogP contribution in [0.15, 0.2) is 24.3 Å². The monoisotopic (exact) mass is 263 g/mol. The van der Waals surface area contributed by atoms with Crippen LogP contribution in [0.25, 0.3) is 0 Å². The molecule has 0 fully saturated rings. The highest BCUT2D eigenvalue weighted by atomic mass is 35.5. The van der Waals surface area contributed by atoms with Gasteiger partial charge in [0.05, 0.1) is 12.6 Å². The number of aliphatic hydroxyl groups is 1. The Balaban J connectivity index is 2.42. The average Bonchev–Trinajstić information content (AvgIpc) is 2.25. The van der Waals surface area contributed by atoms with E-state index in [9.17, 15) is 13.9 Å². The topological polar surface area (TPSA) is 23.5 Å². The van der Waals surface area contributed by atoms with Crippen molar-refractivity contribution >= 4 is 11.6 Å². The van der Waals surface area contributed by atoms with Crippen LogP contribution in [0.3, 0.4) is 0 Å². The fourth-order valence-corrected chi connectivity index (χ4v) is 1.75. The van der Waals surface area contributed by atoms with Crippen molar-refractivity contribution in [2.75, 3.05) is 20.1 Å². The van der Waals surface area contributed by atoms with Gasteiger partial charge in [-0.05, 0) is 31.2 Å². The molecule has 0 aromatic heterocycles. The summed E-state index contributed by atoms with van der Waals surface area (Å²) in [7, 11) is 1.61. The van der Waals surface area contributed by atoms with E-state index in [4.69, 9.17) is 11.6 Å². The number of hydrogen-bond acceptors (Lipinski definition) is 2. The van der Waals surface area contributed by atoms with Gasteiger partial charge in [0.1, 0.15) is 0 Å². The first kappa shape index (κ1) is 14.4. The zero-order chi connectivity index (χ0) is 12.8. The molecule has 0 aliphatic rings. The third-order valence-electron chi connectivity index (χ3n) is 2.47. The summed E-state index contributed by atoms with van der Waals surface area (Å²) >= 11 is 5.80. The molecule has 2 nitrogen and oxygen atoms in total. The maximum Gasteiger partial charge on any atom is 0.251 e. The zero-order valence-corrected chi connectivity index (χ0v) is 10.4. The molecule has 0 spiro atoms. The Labute approximate surface area is 105 Å². The van der Waals surface area contributed by atoms with Crippen molar-refractivity contribution in [1.82, 2.24) is 4.90 Å². The van der Waals surface area contributed by atoms with Crippen LogP contribution in [-0.4, -0.2) is 36.6 Å². The molecule has 1 N–H and O–H groups in total. The molecule has 0 saturated heterocycles. The predicted octanol–water partition coefficient (Wildman–Crippen LogP) is 2.96. The normalized spacial score (nSPS) is 13.4. The molecule has 1 rings (SSSR count). The Morgan fingerprint density at radius 2 is 2.12 bits per heavy atom. The van der Waals surface area contributed by atoms with Crippen molar-refractivity contribution in [2.45, 2.75) is 19.0 Å². The van der Waals surface area contributed by atoms with Crippen LogP contribution in [0.4, 0.5) is 8.78 Å². The molecule has 1 aromatic carbocycles. The van der Waals surface area contributed by atoms with Gasteiger partial charge in [-0.2, -0.15) is 0 Å². The Hall–Kier alpha value is -0.710. The Morgan fingerprint density at radius 1 is 1.41 bits per heavy atom. The molecule has 1 atom stereocenters. The van der Waals surface area contributed by atoms with Crippen LogP contribution >= 0.6 is 11.6 Å². The molecule has 17 heavy (non-hydrogen) atoms. The number of halogens is 3. The third kappa shape index (κ3) is 5.44. The first-order chi connectivity index (χ1) is 7.99. The van der Waals surface area contributed by atoms with E-state index in [1.165, 1.54) is 4.90 Å². The fraction of sp³-hybridized carbons (Fsp3) is 0.500. The summed E-state index contributed by atoms with van der Waals surface area (Å²) in [4.78, 5) is 1.50. The predicted molar refractivity (Wildman–Crippen MR) is 64.5 cm³/mol. The van der Waals surface area contributed by atoms with Crippen molar-refractivity contribution in [1.29, 1.82) is 0 Å². The SMILES string of the molecule is CN(CCC(O)c1cccc(Cl)c1)CC(F)F. The largest absolute Gasteiger partial charge is 0.388 e. The lowest BCUT2D eigenvalue weighted by atomic mass is 10.1. The van der Waals surface area contributed by atoms with Gasteiger partial charge in [-0.1, -0.05) is 23.7 Å². The zero-order valence-electron chi connectivity index (χ0n) is 9.61. The van der Waals surface area contributed by atoms with E-state index in [0.717, 1.165) is 0 Å². The molecule has 0 bridgehead atoms. The second-order valence-corrected chi connectivity index (χ2v) is 4.45. The van der Waals surface area contributed by atoms with E-state index in [0.29, 0.717) is 23.6 Å². The number of alkyl halides is 2. The Morgan fingerprint density at radius 3 is 2.71 bits per heavy atom. The van der Waals surface area contributed by atoms with Gasteiger partial charge in [-0.15, -0.1) is 0 Å². The maximum absolute atomic E-state index is 12.1. The highest BCUT2D eigenvalue weighted by Gasteiger charge is 2.11. The van der Waals surface area contributed by atoms with Gasteiger partial charge in [-0.3, -0.25) is 0 Å². The first-order valence-electron chi connectivity index (χ1n) is 5.39. The molecular formula is C12H16ClF2NO. The lowest BCUT2D eigenvalue weighted by Crippen LogP contribution is -2.26. The van der Waals surface area contributed by atoms with Gasteiger partial charge in [-0.25, -0.2) is 8.78 Å². The standard InChI is InChI=1S/C12H16ClF2NO/c1-16(8-12(14)15)6-5-11(17)9-3-2-4-10(13)7-9/h2-4,7,11-12,17H,5-6,8H2,1H3.